The van der Waals surface area contributed by atoms with Crippen molar-refractivity contribution in [3.05, 3.63) is 71.6 Å². The van der Waals surface area contributed by atoms with Crippen LogP contribution in [-0.2, 0) is 25.9 Å². The maximum atomic E-state index is 14.1. The van der Waals surface area contributed by atoms with Crippen molar-refractivity contribution < 1.29 is 22.7 Å². The van der Waals surface area contributed by atoms with Gasteiger partial charge < -0.3 is 19.9 Å². The second-order valence-electron chi connectivity index (χ2n) is 12.8. The van der Waals surface area contributed by atoms with E-state index in [1.165, 1.54) is 29.8 Å². The molecule has 1 aliphatic heterocycles. The number of fused-ring (bicyclic) bond motifs is 1. The predicted octanol–water partition coefficient (Wildman–Crippen LogP) is 4.58. The lowest BCUT2D eigenvalue weighted by Gasteiger charge is -2.35. The van der Waals surface area contributed by atoms with E-state index in [2.05, 4.69) is 49.6 Å². The summed E-state index contributed by atoms with van der Waals surface area (Å²) in [7, 11) is 4.24. The van der Waals surface area contributed by atoms with Gasteiger partial charge in [-0.3, -0.25) is 9.48 Å². The van der Waals surface area contributed by atoms with Crippen LogP contribution in [0.15, 0.2) is 49.1 Å². The number of piperidine rings is 1. The average molecular weight is 694 g/mol. The minimum atomic E-state index is -3.12. The first-order valence-electron chi connectivity index (χ1n) is 16.8. The normalized spacial score (nSPS) is 15.0. The molecule has 266 valence electrons. The van der Waals surface area contributed by atoms with Crippen LogP contribution in [0.5, 0.6) is 5.75 Å². The zero-order chi connectivity index (χ0) is 35.4. The van der Waals surface area contributed by atoms with Crippen molar-refractivity contribution >= 4 is 17.2 Å². The number of carbonyl (C=O) groups excluding carboxylic acids is 1. The molecule has 5 aromatic rings. The van der Waals surface area contributed by atoms with E-state index in [0.717, 1.165) is 43.9 Å². The van der Waals surface area contributed by atoms with Gasteiger partial charge in [0.25, 0.3) is 5.91 Å². The summed E-state index contributed by atoms with van der Waals surface area (Å²) in [5.41, 5.74) is 3.34. The summed E-state index contributed by atoms with van der Waals surface area (Å²) in [6.45, 7) is 3.99. The Morgan fingerprint density at radius 2 is 1.96 bits per heavy atom. The van der Waals surface area contributed by atoms with Gasteiger partial charge in [-0.2, -0.15) is 19.0 Å². The van der Waals surface area contributed by atoms with E-state index >= 15 is 0 Å². The summed E-state index contributed by atoms with van der Waals surface area (Å²) in [6.07, 6.45) is 7.98. The van der Waals surface area contributed by atoms with Crippen LogP contribution in [0.25, 0.3) is 16.9 Å². The molecule has 1 aliphatic rings. The Morgan fingerprint density at radius 1 is 1.16 bits per heavy atom. The standard InChI is InChI=1S/C34H42F3N11O2/c1-5-27-29(47(43-41-27)16-15-45-13-9-24(10-14-45)44(3)4)21-46-20-28(40-33(49)26-19-39-48-12-6-11-38-32(26)48)31(42-46)25-18-23(17-22(2)35)7-8-30(25)50-34(36)37/h6-8,11-12,18-20,22,24,34H,5,9-10,13-17,21H2,1-4H3,(H,40,49). The number of amides is 1. The highest BCUT2D eigenvalue weighted by Crippen LogP contribution is 2.37. The van der Waals surface area contributed by atoms with Gasteiger partial charge in [0.2, 0.25) is 0 Å². The monoisotopic (exact) mass is 693 g/mol. The molecule has 6 rings (SSSR count). The first-order chi connectivity index (χ1) is 24.1. The van der Waals surface area contributed by atoms with E-state index in [1.807, 2.05) is 11.6 Å². The van der Waals surface area contributed by atoms with Gasteiger partial charge >= 0.3 is 6.61 Å². The Balaban J connectivity index is 1.34. The highest BCUT2D eigenvalue weighted by molar-refractivity contribution is 6.09. The Bertz CT molecular complexity index is 1910. The van der Waals surface area contributed by atoms with Crippen LogP contribution >= 0.6 is 0 Å². The maximum Gasteiger partial charge on any atom is 0.387 e. The quantitative estimate of drug-likeness (QED) is 0.178. The smallest absolute Gasteiger partial charge is 0.387 e. The van der Waals surface area contributed by atoms with Gasteiger partial charge in [-0.25, -0.2) is 18.6 Å². The largest absolute Gasteiger partial charge is 0.434 e. The molecule has 0 aliphatic carbocycles. The van der Waals surface area contributed by atoms with Crippen LogP contribution in [0.3, 0.4) is 0 Å². The van der Waals surface area contributed by atoms with Gasteiger partial charge in [0.1, 0.15) is 23.2 Å². The first kappa shape index (κ1) is 35.0. The number of nitrogens with one attached hydrogen (secondary N) is 1. The van der Waals surface area contributed by atoms with Gasteiger partial charge in [-0.1, -0.05) is 18.2 Å². The number of aryl methyl sites for hydroxylation is 1. The van der Waals surface area contributed by atoms with Crippen molar-refractivity contribution in [2.45, 2.75) is 71.4 Å². The van der Waals surface area contributed by atoms with E-state index in [-0.39, 0.29) is 41.2 Å². The molecule has 5 heterocycles. The molecule has 50 heavy (non-hydrogen) atoms. The van der Waals surface area contributed by atoms with E-state index in [9.17, 15) is 18.0 Å². The number of hydrogen-bond donors (Lipinski definition) is 1. The minimum Gasteiger partial charge on any atom is -0.434 e. The zero-order valence-electron chi connectivity index (χ0n) is 28.6. The van der Waals surface area contributed by atoms with E-state index in [0.29, 0.717) is 30.2 Å². The summed E-state index contributed by atoms with van der Waals surface area (Å²) in [4.78, 5) is 22.6. The SMILES string of the molecule is CCc1nnn(CCN2CCC(N(C)C)CC2)c1Cn1cc(NC(=O)c2cnn3cccnc23)c(-c2cc(CC(C)F)ccc2OC(F)F)n1. The number of benzene rings is 1. The molecule has 1 fully saturated rings. The van der Waals surface area contributed by atoms with Crippen molar-refractivity contribution in [1.82, 2.24) is 49.2 Å². The second-order valence-corrected chi connectivity index (χ2v) is 12.8. The topological polar surface area (TPSA) is 124 Å². The van der Waals surface area contributed by atoms with Gasteiger partial charge in [-0.05, 0) is 77.1 Å². The predicted molar refractivity (Wildman–Crippen MR) is 181 cm³/mol. The number of aromatic nitrogens is 8. The third-order valence-corrected chi connectivity index (χ3v) is 9.05. The first-order valence-corrected chi connectivity index (χ1v) is 16.8. The number of halogens is 3. The minimum absolute atomic E-state index is 0.0515. The molecule has 0 radical (unpaired) electrons. The number of nitrogens with zero attached hydrogens (tertiary/aromatic N) is 10. The lowest BCUT2D eigenvalue weighted by atomic mass is 10.0. The van der Waals surface area contributed by atoms with Crippen molar-refractivity contribution in [3.8, 4) is 17.0 Å². The highest BCUT2D eigenvalue weighted by atomic mass is 19.3. The molecule has 1 saturated heterocycles. The summed E-state index contributed by atoms with van der Waals surface area (Å²) in [5.74, 6) is -0.684. The Morgan fingerprint density at radius 3 is 2.68 bits per heavy atom. The molecule has 4 aromatic heterocycles. The van der Waals surface area contributed by atoms with Crippen molar-refractivity contribution in [2.24, 2.45) is 0 Å². The molecule has 1 atom stereocenters. The molecule has 1 unspecified atom stereocenters. The molecular formula is C34H42F3N11O2. The molecule has 0 bridgehead atoms. The molecule has 0 spiro atoms. The molecule has 1 N–H and O–H groups in total. The molecular weight excluding hydrogens is 651 g/mol. The van der Waals surface area contributed by atoms with Crippen LogP contribution in [0, 0.1) is 0 Å². The van der Waals surface area contributed by atoms with Crippen molar-refractivity contribution in [2.75, 3.05) is 39.0 Å². The summed E-state index contributed by atoms with van der Waals surface area (Å²) in [6, 6.07) is 6.75. The third kappa shape index (κ3) is 7.97. The third-order valence-electron chi connectivity index (χ3n) is 9.05. The molecule has 13 nitrogen and oxygen atoms in total. The lowest BCUT2D eigenvalue weighted by molar-refractivity contribution is -0.0494. The molecule has 0 saturated carbocycles. The van der Waals surface area contributed by atoms with Crippen molar-refractivity contribution in [1.29, 1.82) is 0 Å². The van der Waals surface area contributed by atoms with Crippen LogP contribution in [0.2, 0.25) is 0 Å². The summed E-state index contributed by atoms with van der Waals surface area (Å²) >= 11 is 0. The fraction of sp³-hybridized carbons (Fsp3) is 0.471. The number of carbonyl (C=O) groups is 1. The van der Waals surface area contributed by atoms with Crippen LogP contribution in [0.4, 0.5) is 18.9 Å². The Kier molecular flexibility index (Phi) is 10.8. The number of likely N-dealkylation sites (tertiary alicyclic amines) is 1. The molecule has 1 aromatic carbocycles. The van der Waals surface area contributed by atoms with Gasteiger partial charge in [0, 0.05) is 43.2 Å². The molecule has 16 heteroatoms. The maximum absolute atomic E-state index is 14.1. The van der Waals surface area contributed by atoms with E-state index in [4.69, 9.17) is 9.84 Å². The Labute approximate surface area is 288 Å². The fourth-order valence-electron chi connectivity index (χ4n) is 6.43. The fourth-order valence-corrected chi connectivity index (χ4v) is 6.43. The van der Waals surface area contributed by atoms with Gasteiger partial charge in [-0.15, -0.1) is 5.10 Å². The summed E-state index contributed by atoms with van der Waals surface area (Å²) < 4.78 is 51.1. The van der Waals surface area contributed by atoms with E-state index < -0.39 is 18.7 Å². The number of hydrogen-bond acceptors (Lipinski definition) is 9. The molecule has 1 amide bonds. The lowest BCUT2D eigenvalue weighted by Crippen LogP contribution is -2.43. The number of rotatable bonds is 14. The number of ether oxygens (including phenoxy) is 1. The van der Waals surface area contributed by atoms with E-state index in [1.54, 1.807) is 35.4 Å². The van der Waals surface area contributed by atoms with Crippen LogP contribution in [0.1, 0.15) is 54.0 Å². The van der Waals surface area contributed by atoms with Crippen molar-refractivity contribution in [3.63, 3.8) is 0 Å². The van der Waals surface area contributed by atoms with Gasteiger partial charge in [0.15, 0.2) is 5.65 Å². The number of alkyl halides is 3. The average Bonchev–Trinajstić information content (AvgIpc) is 3.81. The number of anilines is 1. The van der Waals surface area contributed by atoms with Crippen LogP contribution in [-0.4, -0.2) is 108 Å². The van der Waals surface area contributed by atoms with Gasteiger partial charge in [0.05, 0.1) is 36.4 Å². The van der Waals surface area contributed by atoms with Crippen LogP contribution < -0.4 is 10.1 Å². The zero-order valence-corrected chi connectivity index (χ0v) is 28.6. The summed E-state index contributed by atoms with van der Waals surface area (Å²) in [5, 5.41) is 20.8. The highest BCUT2D eigenvalue weighted by Gasteiger charge is 2.25. The second kappa shape index (κ2) is 15.4. The Hall–Kier alpha value is -4.83.